The summed E-state index contributed by atoms with van der Waals surface area (Å²) >= 11 is 0. The first-order chi connectivity index (χ1) is 11.3. The Balaban J connectivity index is 2.02. The van der Waals surface area contributed by atoms with Crippen LogP contribution in [0.5, 0.6) is 0 Å². The van der Waals surface area contributed by atoms with E-state index in [9.17, 15) is 19.5 Å². The minimum atomic E-state index is -1.05. The Bertz CT molecular complexity index is 642. The molecule has 0 heterocycles. The number of carboxylic acid groups (broad SMARTS) is 1. The summed E-state index contributed by atoms with van der Waals surface area (Å²) in [6.45, 7) is 5.82. The number of rotatable bonds is 7. The quantitative estimate of drug-likeness (QED) is 0.715. The maximum absolute atomic E-state index is 12.3. The van der Waals surface area contributed by atoms with Gasteiger partial charge in [0.25, 0.3) is 5.91 Å². The van der Waals surface area contributed by atoms with Crippen molar-refractivity contribution in [3.8, 4) is 0 Å². The minimum absolute atomic E-state index is 0.0386. The Morgan fingerprint density at radius 1 is 1.29 bits per heavy atom. The number of aliphatic carboxylic acids is 1. The topological polar surface area (TPSA) is 95.5 Å². The summed E-state index contributed by atoms with van der Waals surface area (Å²) in [4.78, 5) is 35.5. The lowest BCUT2D eigenvalue weighted by Crippen LogP contribution is -2.41. The normalized spacial score (nSPS) is 20.3. The summed E-state index contributed by atoms with van der Waals surface area (Å²) < 4.78 is 0. The highest BCUT2D eigenvalue weighted by Gasteiger charge is 2.39. The summed E-state index contributed by atoms with van der Waals surface area (Å²) in [5.41, 5.74) is 0.870. The van der Waals surface area contributed by atoms with Crippen LogP contribution in [0.25, 0.3) is 0 Å². The lowest BCUT2D eigenvalue weighted by Gasteiger charge is -2.16. The van der Waals surface area contributed by atoms with Crippen LogP contribution in [0.15, 0.2) is 24.3 Å². The van der Waals surface area contributed by atoms with Crippen molar-refractivity contribution >= 4 is 23.5 Å². The molecule has 0 aliphatic heterocycles. The summed E-state index contributed by atoms with van der Waals surface area (Å²) in [5, 5.41) is 14.6. The van der Waals surface area contributed by atoms with Crippen LogP contribution in [0.4, 0.5) is 5.69 Å². The van der Waals surface area contributed by atoms with Crippen LogP contribution in [-0.4, -0.2) is 28.9 Å². The van der Waals surface area contributed by atoms with Gasteiger partial charge in [-0.25, -0.2) is 4.79 Å². The van der Waals surface area contributed by atoms with Gasteiger partial charge in [-0.2, -0.15) is 0 Å². The van der Waals surface area contributed by atoms with Crippen LogP contribution in [-0.2, 0) is 9.59 Å². The van der Waals surface area contributed by atoms with Crippen molar-refractivity contribution < 1.29 is 19.5 Å². The Morgan fingerprint density at radius 3 is 2.50 bits per heavy atom. The number of carbonyl (C=O) groups excluding carboxylic acids is 2. The zero-order valence-corrected chi connectivity index (χ0v) is 14.2. The van der Waals surface area contributed by atoms with Crippen molar-refractivity contribution in [1.82, 2.24) is 5.32 Å². The zero-order valence-electron chi connectivity index (χ0n) is 14.2. The van der Waals surface area contributed by atoms with Gasteiger partial charge >= 0.3 is 5.97 Å². The fourth-order valence-electron chi connectivity index (χ4n) is 2.60. The Hall–Kier alpha value is -2.37. The van der Waals surface area contributed by atoms with E-state index in [1.165, 1.54) is 0 Å². The second-order valence-corrected chi connectivity index (χ2v) is 6.88. The van der Waals surface area contributed by atoms with Crippen molar-refractivity contribution in [2.24, 2.45) is 17.8 Å². The van der Waals surface area contributed by atoms with Gasteiger partial charge in [0.2, 0.25) is 5.91 Å². The summed E-state index contributed by atoms with van der Waals surface area (Å²) in [5.74, 6) is -0.947. The van der Waals surface area contributed by atoms with Crippen molar-refractivity contribution in [3.05, 3.63) is 29.8 Å². The molecule has 1 saturated carbocycles. The van der Waals surface area contributed by atoms with Gasteiger partial charge in [-0.1, -0.05) is 26.8 Å². The monoisotopic (exact) mass is 332 g/mol. The van der Waals surface area contributed by atoms with Crippen molar-refractivity contribution in [3.63, 3.8) is 0 Å². The second-order valence-electron chi connectivity index (χ2n) is 6.88. The van der Waals surface area contributed by atoms with Crippen molar-refractivity contribution in [2.75, 3.05) is 5.32 Å². The maximum atomic E-state index is 12.3. The Kier molecular flexibility index (Phi) is 5.59. The van der Waals surface area contributed by atoms with E-state index in [1.807, 2.05) is 20.8 Å². The van der Waals surface area contributed by atoms with E-state index >= 15 is 0 Å². The first-order valence-corrected chi connectivity index (χ1v) is 8.22. The standard InChI is InChI=1S/C18H24N2O4/c1-10(2)7-15(18(23)24)20-16(21)12-5-4-6-13(9-12)19-17(22)14-8-11(14)3/h4-6,9-11,14-15H,7-8H2,1-3H3,(H,19,22)(H,20,21)(H,23,24)/t11?,14?,15-/m0/s1. The van der Waals surface area contributed by atoms with E-state index in [4.69, 9.17) is 0 Å². The molecule has 2 unspecified atom stereocenters. The van der Waals surface area contributed by atoms with E-state index < -0.39 is 17.9 Å². The smallest absolute Gasteiger partial charge is 0.326 e. The zero-order chi connectivity index (χ0) is 17.9. The van der Waals surface area contributed by atoms with Gasteiger partial charge in [-0.05, 0) is 42.9 Å². The van der Waals surface area contributed by atoms with Crippen molar-refractivity contribution in [2.45, 2.75) is 39.7 Å². The average Bonchev–Trinajstić information content (AvgIpc) is 3.23. The lowest BCUT2D eigenvalue weighted by atomic mass is 10.0. The molecule has 24 heavy (non-hydrogen) atoms. The number of amides is 2. The highest BCUT2D eigenvalue weighted by Crippen LogP contribution is 2.38. The lowest BCUT2D eigenvalue weighted by molar-refractivity contribution is -0.139. The van der Waals surface area contributed by atoms with Gasteiger partial charge in [0, 0.05) is 17.2 Å². The molecule has 3 N–H and O–H groups in total. The third-order valence-corrected chi connectivity index (χ3v) is 4.15. The number of benzene rings is 1. The minimum Gasteiger partial charge on any atom is -0.480 e. The molecule has 0 saturated heterocycles. The summed E-state index contributed by atoms with van der Waals surface area (Å²) in [6.07, 6.45) is 1.25. The highest BCUT2D eigenvalue weighted by atomic mass is 16.4. The average molecular weight is 332 g/mol. The number of nitrogens with one attached hydrogen (secondary N) is 2. The summed E-state index contributed by atoms with van der Waals surface area (Å²) in [6, 6.07) is 5.61. The first-order valence-electron chi connectivity index (χ1n) is 8.22. The van der Waals surface area contributed by atoms with Gasteiger partial charge in [0.05, 0.1) is 0 Å². The summed E-state index contributed by atoms with van der Waals surface area (Å²) in [7, 11) is 0. The molecule has 1 aliphatic carbocycles. The van der Waals surface area contributed by atoms with Crippen LogP contribution in [0.1, 0.15) is 44.0 Å². The van der Waals surface area contributed by atoms with Crippen molar-refractivity contribution in [1.29, 1.82) is 0 Å². The molecule has 130 valence electrons. The van der Waals surface area contributed by atoms with Crippen LogP contribution >= 0.6 is 0 Å². The van der Waals surface area contributed by atoms with Gasteiger partial charge in [0.1, 0.15) is 6.04 Å². The van der Waals surface area contributed by atoms with E-state index in [0.29, 0.717) is 23.6 Å². The molecule has 0 aromatic heterocycles. The largest absolute Gasteiger partial charge is 0.480 e. The van der Waals surface area contributed by atoms with E-state index in [2.05, 4.69) is 10.6 Å². The number of carbonyl (C=O) groups is 3. The van der Waals surface area contributed by atoms with Gasteiger partial charge < -0.3 is 15.7 Å². The van der Waals surface area contributed by atoms with E-state index in [-0.39, 0.29) is 17.7 Å². The molecule has 1 fully saturated rings. The van der Waals surface area contributed by atoms with Crippen LogP contribution < -0.4 is 10.6 Å². The molecule has 2 amide bonds. The number of carboxylic acids is 1. The molecule has 3 atom stereocenters. The predicted octanol–water partition coefficient (Wildman–Crippen LogP) is 2.51. The number of hydrogen-bond acceptors (Lipinski definition) is 3. The molecular weight excluding hydrogens is 308 g/mol. The third-order valence-electron chi connectivity index (χ3n) is 4.15. The van der Waals surface area contributed by atoms with E-state index in [1.54, 1.807) is 24.3 Å². The fraction of sp³-hybridized carbons (Fsp3) is 0.500. The van der Waals surface area contributed by atoms with Gasteiger partial charge in [0.15, 0.2) is 0 Å². The van der Waals surface area contributed by atoms with E-state index in [0.717, 1.165) is 6.42 Å². The number of anilines is 1. The van der Waals surface area contributed by atoms with Crippen LogP contribution in [0.2, 0.25) is 0 Å². The van der Waals surface area contributed by atoms with Gasteiger partial charge in [-0.3, -0.25) is 9.59 Å². The SMILES string of the molecule is CC(C)C[C@H](NC(=O)c1cccc(NC(=O)C2CC2C)c1)C(=O)O. The maximum Gasteiger partial charge on any atom is 0.326 e. The molecule has 0 bridgehead atoms. The molecule has 6 nitrogen and oxygen atoms in total. The third kappa shape index (κ3) is 4.81. The predicted molar refractivity (Wildman–Crippen MR) is 90.7 cm³/mol. The van der Waals surface area contributed by atoms with Gasteiger partial charge in [-0.15, -0.1) is 0 Å². The van der Waals surface area contributed by atoms with Crippen LogP contribution in [0.3, 0.4) is 0 Å². The molecule has 2 rings (SSSR count). The first kappa shape index (κ1) is 18.0. The second kappa shape index (κ2) is 7.47. The Morgan fingerprint density at radius 2 is 1.96 bits per heavy atom. The Labute approximate surface area is 141 Å². The molecule has 1 aliphatic rings. The molecule has 1 aromatic rings. The molecule has 0 radical (unpaired) electrons. The number of hydrogen-bond donors (Lipinski definition) is 3. The van der Waals surface area contributed by atoms with Crippen LogP contribution in [0, 0.1) is 17.8 Å². The molecule has 6 heteroatoms. The molecular formula is C18H24N2O4. The highest BCUT2D eigenvalue weighted by molar-refractivity contribution is 5.99. The molecule has 0 spiro atoms. The molecule has 1 aromatic carbocycles. The fourth-order valence-corrected chi connectivity index (χ4v) is 2.60.